The number of hydrogen-bond acceptors (Lipinski definition) is 4. The molecule has 5 nitrogen and oxygen atoms in total. The number of rotatable bonds is 3. The van der Waals surface area contributed by atoms with E-state index < -0.39 is 0 Å². The average Bonchev–Trinajstić information content (AvgIpc) is 2.82. The molecule has 1 unspecified atom stereocenters. The van der Waals surface area contributed by atoms with Gasteiger partial charge < -0.3 is 5.32 Å². The molecule has 2 heterocycles. The quantitative estimate of drug-likeness (QED) is 0.792. The third kappa shape index (κ3) is 2.22. The normalized spacial score (nSPS) is 12.6. The molecule has 0 aliphatic carbocycles. The summed E-state index contributed by atoms with van der Waals surface area (Å²) >= 11 is 0. The first-order valence-electron chi connectivity index (χ1n) is 6.61. The van der Waals surface area contributed by atoms with Crippen molar-refractivity contribution in [1.82, 2.24) is 19.7 Å². The zero-order chi connectivity index (χ0) is 14.1. The summed E-state index contributed by atoms with van der Waals surface area (Å²) in [6, 6.07) is 8.68. The summed E-state index contributed by atoms with van der Waals surface area (Å²) < 4.78 is 1.75. The van der Waals surface area contributed by atoms with Crippen LogP contribution in [0, 0.1) is 6.92 Å². The molecule has 0 radical (unpaired) electrons. The van der Waals surface area contributed by atoms with Crippen LogP contribution in [-0.2, 0) is 7.05 Å². The van der Waals surface area contributed by atoms with Crippen LogP contribution in [0.2, 0.25) is 0 Å². The number of anilines is 1. The largest absolute Gasteiger partial charge is 0.363 e. The minimum atomic E-state index is 0.175. The molecule has 0 spiro atoms. The summed E-state index contributed by atoms with van der Waals surface area (Å²) in [6.45, 7) is 4.21. The summed E-state index contributed by atoms with van der Waals surface area (Å²) in [6.07, 6.45) is 3.35. The van der Waals surface area contributed by atoms with Gasteiger partial charge >= 0.3 is 0 Å². The van der Waals surface area contributed by atoms with E-state index in [2.05, 4.69) is 58.5 Å². The summed E-state index contributed by atoms with van der Waals surface area (Å²) in [5.74, 6) is 0.816. The number of aromatic nitrogens is 4. The van der Waals surface area contributed by atoms with E-state index in [0.717, 1.165) is 16.9 Å². The molecule has 0 saturated carbocycles. The number of aryl methyl sites for hydroxylation is 2. The molecule has 2 aromatic heterocycles. The summed E-state index contributed by atoms with van der Waals surface area (Å²) in [7, 11) is 1.88. The lowest BCUT2D eigenvalue weighted by Gasteiger charge is -2.15. The van der Waals surface area contributed by atoms with Crippen LogP contribution < -0.4 is 5.32 Å². The van der Waals surface area contributed by atoms with Crippen LogP contribution in [0.3, 0.4) is 0 Å². The van der Waals surface area contributed by atoms with Crippen molar-refractivity contribution in [1.29, 1.82) is 0 Å². The highest BCUT2D eigenvalue weighted by atomic mass is 15.3. The number of hydrogen-bond donors (Lipinski definition) is 1. The molecular weight excluding hydrogens is 250 g/mol. The lowest BCUT2D eigenvalue weighted by Crippen LogP contribution is -2.08. The van der Waals surface area contributed by atoms with E-state index in [0.29, 0.717) is 0 Å². The van der Waals surface area contributed by atoms with Crippen LogP contribution in [0.15, 0.2) is 36.8 Å². The highest BCUT2D eigenvalue weighted by Crippen LogP contribution is 2.23. The van der Waals surface area contributed by atoms with Gasteiger partial charge in [-0.05, 0) is 19.4 Å². The first kappa shape index (κ1) is 12.6. The van der Waals surface area contributed by atoms with Gasteiger partial charge in [-0.25, -0.2) is 9.97 Å². The predicted molar refractivity (Wildman–Crippen MR) is 79.5 cm³/mol. The monoisotopic (exact) mass is 267 g/mol. The van der Waals surface area contributed by atoms with E-state index in [1.165, 1.54) is 11.1 Å². The molecule has 20 heavy (non-hydrogen) atoms. The maximum absolute atomic E-state index is 4.33. The molecule has 3 aromatic rings. The molecule has 1 aromatic carbocycles. The maximum Gasteiger partial charge on any atom is 0.163 e. The Kier molecular flexibility index (Phi) is 3.10. The second-order valence-electron chi connectivity index (χ2n) is 5.00. The van der Waals surface area contributed by atoms with Gasteiger partial charge in [-0.3, -0.25) is 4.68 Å². The van der Waals surface area contributed by atoms with Crippen molar-refractivity contribution in [3.8, 4) is 0 Å². The molecule has 102 valence electrons. The SMILES string of the molecule is Cc1ccc(C(C)Nc2ncnc3c2cnn3C)cc1. The lowest BCUT2D eigenvalue weighted by atomic mass is 10.1. The van der Waals surface area contributed by atoms with Crippen LogP contribution in [0.25, 0.3) is 11.0 Å². The Bertz CT molecular complexity index is 730. The van der Waals surface area contributed by atoms with Crippen molar-refractivity contribution < 1.29 is 0 Å². The third-order valence-electron chi connectivity index (χ3n) is 3.46. The standard InChI is InChI=1S/C15H17N5/c1-10-4-6-12(7-5-10)11(2)19-14-13-8-18-20(3)15(13)17-9-16-14/h4-9,11H,1-3H3,(H,16,17,19). The third-order valence-corrected chi connectivity index (χ3v) is 3.46. The Morgan fingerprint density at radius 3 is 2.65 bits per heavy atom. The van der Waals surface area contributed by atoms with E-state index in [-0.39, 0.29) is 6.04 Å². The number of benzene rings is 1. The van der Waals surface area contributed by atoms with Crippen molar-refractivity contribution in [2.24, 2.45) is 7.05 Å². The Labute approximate surface area is 117 Å². The highest BCUT2D eigenvalue weighted by Gasteiger charge is 2.11. The highest BCUT2D eigenvalue weighted by molar-refractivity contribution is 5.86. The van der Waals surface area contributed by atoms with Gasteiger partial charge in [0.25, 0.3) is 0 Å². The van der Waals surface area contributed by atoms with E-state index in [1.807, 2.05) is 7.05 Å². The molecule has 1 N–H and O–H groups in total. The minimum absolute atomic E-state index is 0.175. The first-order chi connectivity index (χ1) is 9.65. The molecule has 1 atom stereocenters. The Balaban J connectivity index is 1.91. The molecule has 5 heteroatoms. The van der Waals surface area contributed by atoms with Gasteiger partial charge in [0.2, 0.25) is 0 Å². The van der Waals surface area contributed by atoms with Gasteiger partial charge in [-0.2, -0.15) is 5.10 Å². The Morgan fingerprint density at radius 2 is 1.90 bits per heavy atom. The van der Waals surface area contributed by atoms with Crippen LogP contribution in [0.1, 0.15) is 24.1 Å². The van der Waals surface area contributed by atoms with Crippen molar-refractivity contribution in [2.45, 2.75) is 19.9 Å². The van der Waals surface area contributed by atoms with Crippen LogP contribution in [0.4, 0.5) is 5.82 Å². The fourth-order valence-electron chi connectivity index (χ4n) is 2.22. The maximum atomic E-state index is 4.33. The fourth-order valence-corrected chi connectivity index (χ4v) is 2.22. The molecule has 0 aliphatic heterocycles. The van der Waals surface area contributed by atoms with Crippen molar-refractivity contribution in [2.75, 3.05) is 5.32 Å². The second kappa shape index (κ2) is 4.92. The fraction of sp³-hybridized carbons (Fsp3) is 0.267. The van der Waals surface area contributed by atoms with Crippen LogP contribution >= 0.6 is 0 Å². The Morgan fingerprint density at radius 1 is 1.15 bits per heavy atom. The van der Waals surface area contributed by atoms with Gasteiger partial charge in [-0.1, -0.05) is 29.8 Å². The molecule has 0 saturated heterocycles. The molecule has 3 rings (SSSR count). The van der Waals surface area contributed by atoms with Crippen LogP contribution in [-0.4, -0.2) is 19.7 Å². The molecular formula is C15H17N5. The molecule has 0 amide bonds. The first-order valence-corrected chi connectivity index (χ1v) is 6.61. The number of nitrogens with one attached hydrogen (secondary N) is 1. The topological polar surface area (TPSA) is 55.6 Å². The number of nitrogens with zero attached hydrogens (tertiary/aromatic N) is 4. The summed E-state index contributed by atoms with van der Waals surface area (Å²) in [4.78, 5) is 8.57. The van der Waals surface area contributed by atoms with Gasteiger partial charge in [0.1, 0.15) is 12.1 Å². The van der Waals surface area contributed by atoms with Crippen molar-refractivity contribution >= 4 is 16.9 Å². The van der Waals surface area contributed by atoms with Gasteiger partial charge in [-0.15, -0.1) is 0 Å². The predicted octanol–water partition coefficient (Wildman–Crippen LogP) is 2.84. The van der Waals surface area contributed by atoms with Gasteiger partial charge in [0.15, 0.2) is 5.65 Å². The number of fused-ring (bicyclic) bond motifs is 1. The molecule has 0 bridgehead atoms. The zero-order valence-electron chi connectivity index (χ0n) is 11.8. The van der Waals surface area contributed by atoms with Crippen LogP contribution in [0.5, 0.6) is 0 Å². The second-order valence-corrected chi connectivity index (χ2v) is 5.00. The molecule has 0 aliphatic rings. The van der Waals surface area contributed by atoms with E-state index >= 15 is 0 Å². The Hall–Kier alpha value is -2.43. The van der Waals surface area contributed by atoms with Gasteiger partial charge in [0.05, 0.1) is 11.6 Å². The minimum Gasteiger partial charge on any atom is -0.363 e. The lowest BCUT2D eigenvalue weighted by molar-refractivity contribution is 0.785. The van der Waals surface area contributed by atoms with Gasteiger partial charge in [0, 0.05) is 13.1 Å². The van der Waals surface area contributed by atoms with Crippen molar-refractivity contribution in [3.63, 3.8) is 0 Å². The van der Waals surface area contributed by atoms with E-state index in [1.54, 1.807) is 17.2 Å². The van der Waals surface area contributed by atoms with E-state index in [4.69, 9.17) is 0 Å². The van der Waals surface area contributed by atoms with Crippen molar-refractivity contribution in [3.05, 3.63) is 47.9 Å². The average molecular weight is 267 g/mol. The smallest absolute Gasteiger partial charge is 0.163 e. The zero-order valence-corrected chi connectivity index (χ0v) is 11.8. The molecule has 0 fully saturated rings. The van der Waals surface area contributed by atoms with E-state index in [9.17, 15) is 0 Å². The summed E-state index contributed by atoms with van der Waals surface area (Å²) in [5, 5.41) is 8.59. The summed E-state index contributed by atoms with van der Waals surface area (Å²) in [5.41, 5.74) is 3.32.